The molecule has 0 radical (unpaired) electrons. The third-order valence-corrected chi connectivity index (χ3v) is 5.12. The van der Waals surface area contributed by atoms with Crippen LogP contribution in [0.15, 0.2) is 52.6 Å². The highest BCUT2D eigenvalue weighted by molar-refractivity contribution is 6.30. The van der Waals surface area contributed by atoms with Crippen LogP contribution in [0.4, 0.5) is 0 Å². The molecule has 8 heteroatoms. The smallest absolute Gasteiger partial charge is 0.337 e. The molecule has 0 saturated carbocycles. The van der Waals surface area contributed by atoms with Gasteiger partial charge < -0.3 is 4.74 Å². The summed E-state index contributed by atoms with van der Waals surface area (Å²) >= 11 is 5.71. The lowest BCUT2D eigenvalue weighted by Gasteiger charge is -2.06. The summed E-state index contributed by atoms with van der Waals surface area (Å²) in [4.78, 5) is 36.4. The molecular weight excluding hydrogens is 416 g/mol. The van der Waals surface area contributed by atoms with E-state index < -0.39 is 6.04 Å². The first-order valence-corrected chi connectivity index (χ1v) is 10.6. The molecule has 0 spiro atoms. The minimum absolute atomic E-state index is 0.0956. The fourth-order valence-electron chi connectivity index (χ4n) is 3.19. The molecule has 7 nitrogen and oxygen atoms in total. The predicted octanol–water partition coefficient (Wildman–Crippen LogP) is 4.13. The number of rotatable bonds is 5. The van der Waals surface area contributed by atoms with E-state index in [1.54, 1.807) is 12.3 Å². The number of aliphatic imine (C=N–C) groups is 1. The monoisotopic (exact) mass is 440 g/mol. The summed E-state index contributed by atoms with van der Waals surface area (Å²) in [5.74, 6) is -0.121. The van der Waals surface area contributed by atoms with Crippen LogP contribution in [0.1, 0.15) is 37.8 Å². The number of hydrogen-bond donors (Lipinski definition) is 0. The van der Waals surface area contributed by atoms with Crippen LogP contribution in [0, 0.1) is 6.92 Å². The van der Waals surface area contributed by atoms with Crippen molar-refractivity contribution in [1.82, 2.24) is 14.5 Å². The molecule has 1 aliphatic rings. The van der Waals surface area contributed by atoms with Crippen LogP contribution in [0.5, 0.6) is 0 Å². The van der Waals surface area contributed by atoms with Crippen LogP contribution in [0.2, 0.25) is 5.02 Å². The predicted molar refractivity (Wildman–Crippen MR) is 122 cm³/mol. The number of hydrogen-bond acceptors (Lipinski definition) is 6. The Kier molecular flexibility index (Phi) is 7.52. The van der Waals surface area contributed by atoms with Gasteiger partial charge in [0.25, 0.3) is 5.56 Å². The minimum atomic E-state index is -0.465. The van der Waals surface area contributed by atoms with Gasteiger partial charge in [-0.05, 0) is 49.1 Å². The SMILES string of the molecule is CCC1N=C(Cn2cnc3nccc(C)c3c2=O)OC1=O.CCCc1ccc(Cl)cc1. The van der Waals surface area contributed by atoms with Crippen molar-refractivity contribution >= 4 is 34.5 Å². The molecule has 0 aliphatic carbocycles. The standard InChI is InChI=1S/C14H14N4O3.C9H11Cl/c1-3-9-14(20)21-10(17-9)6-18-7-16-12-11(13(18)19)8(2)4-5-15-12;1-2-3-8-4-6-9(10)7-5-8/h4-5,7,9H,3,6H2,1-2H3;4-7H,2-3H2,1H3. The van der Waals surface area contributed by atoms with Crippen LogP contribution >= 0.6 is 11.6 Å². The van der Waals surface area contributed by atoms with E-state index >= 15 is 0 Å². The number of cyclic esters (lactones) is 1. The first-order chi connectivity index (χ1) is 14.9. The number of nitrogens with zero attached hydrogens (tertiary/aromatic N) is 4. The molecule has 3 heterocycles. The van der Waals surface area contributed by atoms with Crippen LogP contribution in [-0.2, 0) is 22.5 Å². The second-order valence-corrected chi connectivity index (χ2v) is 7.68. The largest absolute Gasteiger partial charge is 0.408 e. The Hall–Kier alpha value is -3.06. The molecule has 0 bridgehead atoms. The Bertz CT molecular complexity index is 1160. The number of halogens is 1. The average Bonchev–Trinajstić information content (AvgIpc) is 3.12. The maximum absolute atomic E-state index is 12.5. The van der Waals surface area contributed by atoms with E-state index in [0.717, 1.165) is 17.0 Å². The number of benzene rings is 1. The summed E-state index contributed by atoms with van der Waals surface area (Å²) in [5.41, 5.74) is 2.37. The molecule has 4 rings (SSSR count). The lowest BCUT2D eigenvalue weighted by molar-refractivity contribution is -0.135. The number of fused-ring (bicyclic) bond motifs is 1. The molecule has 1 atom stereocenters. The van der Waals surface area contributed by atoms with Crippen LogP contribution in [0.25, 0.3) is 11.0 Å². The highest BCUT2D eigenvalue weighted by atomic mass is 35.5. The van der Waals surface area contributed by atoms with E-state index in [0.29, 0.717) is 17.5 Å². The fourth-order valence-corrected chi connectivity index (χ4v) is 3.32. The van der Waals surface area contributed by atoms with Crippen molar-refractivity contribution in [2.75, 3.05) is 0 Å². The second kappa shape index (κ2) is 10.3. The van der Waals surface area contributed by atoms with E-state index in [2.05, 4.69) is 34.0 Å². The third-order valence-electron chi connectivity index (χ3n) is 4.87. The highest BCUT2D eigenvalue weighted by Gasteiger charge is 2.27. The van der Waals surface area contributed by atoms with E-state index in [9.17, 15) is 9.59 Å². The molecular formula is C23H25ClN4O3. The van der Waals surface area contributed by atoms with E-state index in [4.69, 9.17) is 16.3 Å². The summed E-state index contributed by atoms with van der Waals surface area (Å²) in [5, 5.41) is 1.29. The fraction of sp³-hybridized carbons (Fsp3) is 0.348. The summed E-state index contributed by atoms with van der Waals surface area (Å²) in [7, 11) is 0. The number of aryl methyl sites for hydroxylation is 2. The van der Waals surface area contributed by atoms with E-state index in [1.165, 1.54) is 22.9 Å². The maximum Gasteiger partial charge on any atom is 0.337 e. The molecule has 0 N–H and O–H groups in total. The number of aromatic nitrogens is 3. The topological polar surface area (TPSA) is 86.4 Å². The van der Waals surface area contributed by atoms with Gasteiger partial charge in [0.05, 0.1) is 5.39 Å². The van der Waals surface area contributed by atoms with Gasteiger partial charge in [0, 0.05) is 11.2 Å². The van der Waals surface area contributed by atoms with Crippen molar-refractivity contribution in [2.45, 2.75) is 52.6 Å². The number of pyridine rings is 1. The van der Waals surface area contributed by atoms with Crippen molar-refractivity contribution in [3.8, 4) is 0 Å². The number of ether oxygens (including phenoxy) is 1. The molecule has 3 aromatic rings. The van der Waals surface area contributed by atoms with Crippen LogP contribution in [0.3, 0.4) is 0 Å². The van der Waals surface area contributed by atoms with Gasteiger partial charge in [-0.2, -0.15) is 0 Å². The zero-order chi connectivity index (χ0) is 22.4. The van der Waals surface area contributed by atoms with Crippen molar-refractivity contribution in [3.05, 3.63) is 69.4 Å². The Labute approximate surface area is 185 Å². The zero-order valence-corrected chi connectivity index (χ0v) is 18.6. The average molecular weight is 441 g/mol. The van der Waals surface area contributed by atoms with Crippen molar-refractivity contribution < 1.29 is 9.53 Å². The lowest BCUT2D eigenvalue weighted by atomic mass is 10.1. The highest BCUT2D eigenvalue weighted by Crippen LogP contribution is 2.12. The first-order valence-electron chi connectivity index (χ1n) is 10.3. The normalized spacial score (nSPS) is 15.3. The lowest BCUT2D eigenvalue weighted by Crippen LogP contribution is -2.26. The van der Waals surface area contributed by atoms with Crippen molar-refractivity contribution in [2.24, 2.45) is 4.99 Å². The first kappa shape index (κ1) is 22.6. The summed E-state index contributed by atoms with van der Waals surface area (Å²) < 4.78 is 6.45. The molecule has 0 saturated heterocycles. The molecule has 1 aromatic carbocycles. The van der Waals surface area contributed by atoms with Crippen LogP contribution < -0.4 is 5.56 Å². The Balaban J connectivity index is 0.000000229. The molecule has 1 aliphatic heterocycles. The zero-order valence-electron chi connectivity index (χ0n) is 17.8. The Morgan fingerprint density at radius 2 is 1.84 bits per heavy atom. The van der Waals surface area contributed by atoms with Crippen molar-refractivity contribution in [1.29, 1.82) is 0 Å². The van der Waals surface area contributed by atoms with E-state index in [1.807, 2.05) is 26.0 Å². The van der Waals surface area contributed by atoms with Gasteiger partial charge in [-0.15, -0.1) is 0 Å². The van der Waals surface area contributed by atoms with Crippen LogP contribution in [-0.4, -0.2) is 32.4 Å². The third kappa shape index (κ3) is 5.55. The van der Waals surface area contributed by atoms with Gasteiger partial charge in [-0.3, -0.25) is 9.36 Å². The summed E-state index contributed by atoms with van der Waals surface area (Å²) in [6, 6.07) is 9.32. The van der Waals surface area contributed by atoms with Gasteiger partial charge in [-0.1, -0.05) is 44.0 Å². The van der Waals surface area contributed by atoms with Gasteiger partial charge in [-0.25, -0.2) is 19.8 Å². The molecule has 0 fully saturated rings. The number of esters is 1. The molecule has 162 valence electrons. The minimum Gasteiger partial charge on any atom is -0.408 e. The van der Waals surface area contributed by atoms with E-state index in [-0.39, 0.29) is 24.0 Å². The number of carbonyl (C=O) groups is 1. The van der Waals surface area contributed by atoms with Crippen molar-refractivity contribution in [3.63, 3.8) is 0 Å². The Morgan fingerprint density at radius 3 is 2.48 bits per heavy atom. The van der Waals surface area contributed by atoms with Gasteiger partial charge in [0.1, 0.15) is 12.9 Å². The summed E-state index contributed by atoms with van der Waals surface area (Å²) in [6.45, 7) is 5.96. The quantitative estimate of drug-likeness (QED) is 0.557. The maximum atomic E-state index is 12.5. The second-order valence-electron chi connectivity index (χ2n) is 7.25. The van der Waals surface area contributed by atoms with Gasteiger partial charge >= 0.3 is 5.97 Å². The summed E-state index contributed by atoms with van der Waals surface area (Å²) in [6.07, 6.45) is 5.94. The van der Waals surface area contributed by atoms with Gasteiger partial charge in [0.2, 0.25) is 5.90 Å². The molecule has 31 heavy (non-hydrogen) atoms. The van der Waals surface area contributed by atoms with Gasteiger partial charge in [0.15, 0.2) is 11.7 Å². The molecule has 0 amide bonds. The number of carbonyl (C=O) groups excluding carboxylic acids is 1. The molecule has 1 unspecified atom stereocenters. The molecule has 2 aromatic heterocycles. The Morgan fingerprint density at radius 1 is 1.10 bits per heavy atom.